The highest BCUT2D eigenvalue weighted by Crippen LogP contribution is 2.36. The zero-order valence-electron chi connectivity index (χ0n) is 11.4. The van der Waals surface area contributed by atoms with Gasteiger partial charge in [-0.2, -0.15) is 0 Å². The minimum absolute atomic E-state index is 0.199. The van der Waals surface area contributed by atoms with Gasteiger partial charge in [0, 0.05) is 5.56 Å². The summed E-state index contributed by atoms with van der Waals surface area (Å²) in [5, 5.41) is 9.12. The highest BCUT2D eigenvalue weighted by molar-refractivity contribution is 5.92. The van der Waals surface area contributed by atoms with Crippen molar-refractivity contribution in [2.75, 3.05) is 6.61 Å². The van der Waals surface area contributed by atoms with Gasteiger partial charge in [0.05, 0.1) is 5.56 Å². The van der Waals surface area contributed by atoms with Gasteiger partial charge in [0.2, 0.25) is 0 Å². The summed E-state index contributed by atoms with van der Waals surface area (Å²) in [4.78, 5) is 11.1. The van der Waals surface area contributed by atoms with Gasteiger partial charge in [-0.25, -0.2) is 9.18 Å². The van der Waals surface area contributed by atoms with Gasteiger partial charge in [-0.15, -0.1) is 0 Å². The van der Waals surface area contributed by atoms with Crippen LogP contribution in [0.5, 0.6) is 5.75 Å². The quantitative estimate of drug-likeness (QED) is 0.915. The maximum atomic E-state index is 13.3. The maximum Gasteiger partial charge on any atom is 0.335 e. The molecule has 1 heterocycles. The van der Waals surface area contributed by atoms with Gasteiger partial charge < -0.3 is 9.84 Å². The average Bonchev–Trinajstić information content (AvgIpc) is 2.46. The van der Waals surface area contributed by atoms with E-state index in [-0.39, 0.29) is 11.4 Å². The fourth-order valence-corrected chi connectivity index (χ4v) is 2.51. The number of halogens is 1. The molecule has 0 atom stereocenters. The third kappa shape index (κ3) is 2.40. The topological polar surface area (TPSA) is 46.5 Å². The monoisotopic (exact) mass is 284 g/mol. The lowest BCUT2D eigenvalue weighted by Gasteiger charge is -2.20. The van der Waals surface area contributed by atoms with Gasteiger partial charge in [-0.1, -0.05) is 6.07 Å². The van der Waals surface area contributed by atoms with Crippen molar-refractivity contribution in [1.82, 2.24) is 0 Å². The molecule has 1 aliphatic rings. The molecule has 2 aromatic rings. The highest BCUT2D eigenvalue weighted by atomic mass is 19.1. The second kappa shape index (κ2) is 5.05. The van der Waals surface area contributed by atoms with E-state index in [0.717, 1.165) is 22.3 Å². The number of hydrogen-bond acceptors (Lipinski definition) is 2. The van der Waals surface area contributed by atoms with E-state index in [4.69, 9.17) is 9.84 Å². The molecule has 1 N–H and O–H groups in total. The minimum Gasteiger partial charge on any atom is -0.489 e. The number of aromatic carboxylic acids is 1. The van der Waals surface area contributed by atoms with Crippen LogP contribution in [0.3, 0.4) is 0 Å². The van der Waals surface area contributed by atoms with Crippen LogP contribution in [-0.2, 0) is 0 Å². The van der Waals surface area contributed by atoms with E-state index < -0.39 is 5.97 Å². The Kier molecular flexibility index (Phi) is 3.22. The van der Waals surface area contributed by atoms with E-state index in [0.29, 0.717) is 12.4 Å². The molecule has 1 aliphatic heterocycles. The van der Waals surface area contributed by atoms with Gasteiger partial charge in [0.25, 0.3) is 0 Å². The lowest BCUT2D eigenvalue weighted by atomic mass is 9.91. The molecule has 0 fully saturated rings. The number of ether oxygens (including phenoxy) is 1. The summed E-state index contributed by atoms with van der Waals surface area (Å²) in [5.74, 6) is -0.636. The van der Waals surface area contributed by atoms with Crippen LogP contribution < -0.4 is 4.74 Å². The number of carboxylic acids is 1. The Bertz CT molecular complexity index is 763. The molecule has 0 spiro atoms. The first-order valence-electron chi connectivity index (χ1n) is 6.53. The third-order valence-corrected chi connectivity index (χ3v) is 3.52. The molecule has 0 radical (unpaired) electrons. The second-order valence-corrected chi connectivity index (χ2v) is 4.90. The van der Waals surface area contributed by atoms with Crippen molar-refractivity contribution >= 4 is 11.5 Å². The predicted molar refractivity (Wildman–Crippen MR) is 77.1 cm³/mol. The Hall–Kier alpha value is -2.62. The molecule has 0 aromatic heterocycles. The summed E-state index contributed by atoms with van der Waals surface area (Å²) in [7, 11) is 0. The Morgan fingerprint density at radius 2 is 2.00 bits per heavy atom. The van der Waals surface area contributed by atoms with Crippen LogP contribution in [0, 0.1) is 12.7 Å². The molecule has 2 aromatic carbocycles. The minimum atomic E-state index is -0.987. The summed E-state index contributed by atoms with van der Waals surface area (Å²) >= 11 is 0. The van der Waals surface area contributed by atoms with Crippen LogP contribution in [0.25, 0.3) is 5.57 Å². The number of carbonyl (C=O) groups is 1. The van der Waals surface area contributed by atoms with E-state index in [1.54, 1.807) is 18.2 Å². The second-order valence-electron chi connectivity index (χ2n) is 4.90. The van der Waals surface area contributed by atoms with Crippen LogP contribution in [0.15, 0.2) is 42.5 Å². The van der Waals surface area contributed by atoms with Crippen LogP contribution in [0.1, 0.15) is 27.0 Å². The number of aryl methyl sites for hydroxylation is 1. The number of benzene rings is 2. The Balaban J connectivity index is 2.16. The lowest BCUT2D eigenvalue weighted by Crippen LogP contribution is -2.08. The van der Waals surface area contributed by atoms with E-state index in [1.807, 2.05) is 13.0 Å². The molecule has 0 unspecified atom stereocenters. The molecule has 0 amide bonds. The Morgan fingerprint density at radius 1 is 1.19 bits per heavy atom. The molecule has 21 heavy (non-hydrogen) atoms. The molecular weight excluding hydrogens is 271 g/mol. The van der Waals surface area contributed by atoms with Crippen LogP contribution >= 0.6 is 0 Å². The summed E-state index contributed by atoms with van der Waals surface area (Å²) in [6.07, 6.45) is 1.88. The largest absolute Gasteiger partial charge is 0.489 e. The van der Waals surface area contributed by atoms with E-state index in [2.05, 4.69) is 0 Å². The van der Waals surface area contributed by atoms with Crippen molar-refractivity contribution in [1.29, 1.82) is 0 Å². The summed E-state index contributed by atoms with van der Waals surface area (Å²) in [6.45, 7) is 2.24. The average molecular weight is 284 g/mol. The fraction of sp³-hybridized carbons (Fsp3) is 0.118. The van der Waals surface area contributed by atoms with E-state index in [9.17, 15) is 9.18 Å². The molecule has 106 valence electrons. The summed E-state index contributed by atoms with van der Waals surface area (Å²) in [6, 6.07) is 9.34. The smallest absolute Gasteiger partial charge is 0.335 e. The molecule has 4 heteroatoms. The fourth-order valence-electron chi connectivity index (χ4n) is 2.51. The zero-order valence-corrected chi connectivity index (χ0v) is 11.4. The van der Waals surface area contributed by atoms with Gasteiger partial charge in [0.15, 0.2) is 0 Å². The van der Waals surface area contributed by atoms with Gasteiger partial charge in [0.1, 0.15) is 18.2 Å². The van der Waals surface area contributed by atoms with E-state index in [1.165, 1.54) is 18.2 Å². The molecule has 0 saturated heterocycles. The van der Waals surface area contributed by atoms with E-state index >= 15 is 0 Å². The molecule has 0 saturated carbocycles. The summed E-state index contributed by atoms with van der Waals surface area (Å²) < 4.78 is 18.8. The van der Waals surface area contributed by atoms with Crippen molar-refractivity contribution in [2.45, 2.75) is 6.92 Å². The molecular formula is C17H13FO3. The maximum absolute atomic E-state index is 13.3. The highest BCUT2D eigenvalue weighted by Gasteiger charge is 2.19. The van der Waals surface area contributed by atoms with Crippen molar-refractivity contribution in [3.8, 4) is 5.75 Å². The normalized spacial score (nSPS) is 13.1. The number of hydrogen-bond donors (Lipinski definition) is 1. The molecule has 0 aliphatic carbocycles. The van der Waals surface area contributed by atoms with Crippen LogP contribution in [-0.4, -0.2) is 17.7 Å². The first-order chi connectivity index (χ1) is 10.1. The number of rotatable bonds is 2. The Labute approximate surface area is 121 Å². The first-order valence-corrected chi connectivity index (χ1v) is 6.53. The molecule has 3 nitrogen and oxygen atoms in total. The SMILES string of the molecule is Cc1cc(F)ccc1C1=CCOc2ccc(C(=O)O)cc21. The zero-order chi connectivity index (χ0) is 15.0. The predicted octanol–water partition coefficient (Wildman–Crippen LogP) is 3.66. The van der Waals surface area contributed by atoms with Crippen LogP contribution in [0.4, 0.5) is 4.39 Å². The van der Waals surface area contributed by atoms with Crippen molar-refractivity contribution in [2.24, 2.45) is 0 Å². The van der Waals surface area contributed by atoms with Gasteiger partial charge in [-0.3, -0.25) is 0 Å². The molecule has 0 bridgehead atoms. The van der Waals surface area contributed by atoms with Crippen molar-refractivity contribution in [3.63, 3.8) is 0 Å². The van der Waals surface area contributed by atoms with Gasteiger partial charge >= 0.3 is 5.97 Å². The van der Waals surface area contributed by atoms with Crippen molar-refractivity contribution < 1.29 is 19.0 Å². The summed E-state index contributed by atoms with van der Waals surface area (Å²) in [5.41, 5.74) is 3.47. The first kappa shape index (κ1) is 13.4. The van der Waals surface area contributed by atoms with Crippen LogP contribution in [0.2, 0.25) is 0 Å². The van der Waals surface area contributed by atoms with Crippen molar-refractivity contribution in [3.05, 3.63) is 70.5 Å². The number of carboxylic acid groups (broad SMARTS) is 1. The standard InChI is InChI=1S/C17H13FO3/c1-10-8-12(18)3-4-13(10)14-6-7-21-16-5-2-11(17(19)20)9-15(14)16/h2-6,8-9H,7H2,1H3,(H,19,20). The molecule has 3 rings (SSSR count). The lowest BCUT2D eigenvalue weighted by molar-refractivity contribution is 0.0697. The Morgan fingerprint density at radius 3 is 2.71 bits per heavy atom. The number of fused-ring (bicyclic) bond motifs is 1. The van der Waals surface area contributed by atoms with Gasteiger partial charge in [-0.05, 0) is 60.0 Å². The third-order valence-electron chi connectivity index (χ3n) is 3.52.